The third-order valence-corrected chi connectivity index (χ3v) is 2.46. The molecule has 1 aromatic carbocycles. The summed E-state index contributed by atoms with van der Waals surface area (Å²) in [5.74, 6) is -0.609. The lowest BCUT2D eigenvalue weighted by atomic mass is 10.2. The number of primary amides is 1. The lowest BCUT2D eigenvalue weighted by Crippen LogP contribution is -2.44. The second-order valence-corrected chi connectivity index (χ2v) is 4.22. The Hall–Kier alpha value is -2.77. The van der Waals surface area contributed by atoms with Crippen molar-refractivity contribution in [1.82, 2.24) is 10.6 Å². The van der Waals surface area contributed by atoms with Gasteiger partial charge < -0.3 is 21.1 Å². The first kappa shape index (κ1) is 16.3. The monoisotopic (exact) mass is 294 g/mol. The molecule has 0 aliphatic carbocycles. The number of benzene rings is 1. The molecule has 1 aromatic rings. The van der Waals surface area contributed by atoms with Crippen molar-refractivity contribution in [3.63, 3.8) is 0 Å². The maximum atomic E-state index is 11.7. The van der Waals surface area contributed by atoms with E-state index in [1.54, 1.807) is 31.2 Å². The van der Waals surface area contributed by atoms with Gasteiger partial charge in [0.15, 0.2) is 6.61 Å². The van der Waals surface area contributed by atoms with Gasteiger partial charge in [0.2, 0.25) is 5.91 Å². The quantitative estimate of drug-likeness (QED) is 0.579. The van der Waals surface area contributed by atoms with E-state index in [1.807, 2.05) is 0 Å². The van der Waals surface area contributed by atoms with Crippen LogP contribution in [0.4, 0.5) is 10.5 Å². The molecule has 8 nitrogen and oxygen atoms in total. The Morgan fingerprint density at radius 1 is 1.33 bits per heavy atom. The van der Waals surface area contributed by atoms with Crippen LogP contribution in [0.2, 0.25) is 0 Å². The zero-order chi connectivity index (χ0) is 15.8. The molecule has 1 atom stereocenters. The Balaban J connectivity index is 2.61. The van der Waals surface area contributed by atoms with E-state index >= 15 is 0 Å². The van der Waals surface area contributed by atoms with Crippen molar-refractivity contribution < 1.29 is 19.1 Å². The van der Waals surface area contributed by atoms with E-state index in [1.165, 1.54) is 7.05 Å². The van der Waals surface area contributed by atoms with Crippen molar-refractivity contribution in [3.8, 4) is 5.75 Å². The number of nitrogens with one attached hydrogen (secondary N) is 3. The normalized spacial score (nSPS) is 11.1. The van der Waals surface area contributed by atoms with Crippen molar-refractivity contribution in [2.45, 2.75) is 13.0 Å². The second kappa shape index (κ2) is 7.73. The summed E-state index contributed by atoms with van der Waals surface area (Å²) in [5, 5.41) is 7.36. The summed E-state index contributed by atoms with van der Waals surface area (Å²) in [4.78, 5) is 33.4. The van der Waals surface area contributed by atoms with Gasteiger partial charge in [-0.2, -0.15) is 0 Å². The number of anilines is 1. The summed E-state index contributed by atoms with van der Waals surface area (Å²) in [6.45, 7) is 1.38. The highest BCUT2D eigenvalue weighted by Crippen LogP contribution is 2.17. The molecule has 114 valence electrons. The fourth-order valence-corrected chi connectivity index (χ4v) is 1.43. The molecule has 0 bridgehead atoms. The molecule has 1 rings (SSSR count). The number of rotatable bonds is 6. The van der Waals surface area contributed by atoms with Crippen LogP contribution >= 0.6 is 0 Å². The Kier molecular flexibility index (Phi) is 5.99. The number of carbonyl (C=O) groups excluding carboxylic acids is 3. The number of urea groups is 1. The molecular weight excluding hydrogens is 276 g/mol. The van der Waals surface area contributed by atoms with Gasteiger partial charge in [0.1, 0.15) is 11.8 Å². The van der Waals surface area contributed by atoms with Gasteiger partial charge in [-0.15, -0.1) is 0 Å². The Morgan fingerprint density at radius 2 is 2.05 bits per heavy atom. The molecule has 0 aromatic heterocycles. The lowest BCUT2D eigenvalue weighted by Gasteiger charge is -2.15. The Labute approximate surface area is 122 Å². The van der Waals surface area contributed by atoms with Gasteiger partial charge in [-0.25, -0.2) is 4.79 Å². The molecule has 0 saturated carbocycles. The number of amides is 4. The van der Waals surface area contributed by atoms with Crippen LogP contribution in [-0.2, 0) is 9.59 Å². The molecular formula is C13H18N4O4. The first-order chi connectivity index (χ1) is 9.92. The van der Waals surface area contributed by atoms with E-state index in [-0.39, 0.29) is 6.61 Å². The van der Waals surface area contributed by atoms with Gasteiger partial charge >= 0.3 is 6.03 Å². The average Bonchev–Trinajstić information content (AvgIpc) is 2.45. The molecule has 8 heteroatoms. The Bertz CT molecular complexity index is 533. The minimum atomic E-state index is -0.631. The molecule has 0 aliphatic rings. The summed E-state index contributed by atoms with van der Waals surface area (Å²) >= 11 is 0. The Morgan fingerprint density at radius 3 is 2.67 bits per heavy atom. The largest absolute Gasteiger partial charge is 0.484 e. The van der Waals surface area contributed by atoms with Crippen LogP contribution < -0.4 is 26.4 Å². The molecule has 0 saturated heterocycles. The van der Waals surface area contributed by atoms with Crippen LogP contribution in [0, 0.1) is 0 Å². The fourth-order valence-electron chi connectivity index (χ4n) is 1.43. The van der Waals surface area contributed by atoms with Crippen LogP contribution in [0.15, 0.2) is 24.3 Å². The van der Waals surface area contributed by atoms with Gasteiger partial charge in [-0.1, -0.05) is 6.07 Å². The van der Waals surface area contributed by atoms with E-state index in [2.05, 4.69) is 16.0 Å². The number of hydrogen-bond donors (Lipinski definition) is 4. The summed E-state index contributed by atoms with van der Waals surface area (Å²) < 4.78 is 5.15. The maximum Gasteiger partial charge on any atom is 0.321 e. The molecule has 0 heterocycles. The topological polar surface area (TPSA) is 123 Å². The molecule has 0 spiro atoms. The summed E-state index contributed by atoms with van der Waals surface area (Å²) in [6.07, 6.45) is 0. The van der Waals surface area contributed by atoms with E-state index < -0.39 is 23.9 Å². The van der Waals surface area contributed by atoms with Crippen molar-refractivity contribution in [1.29, 1.82) is 0 Å². The van der Waals surface area contributed by atoms with Crippen molar-refractivity contribution in [2.24, 2.45) is 5.73 Å². The SMILES string of the molecule is CNC(=O)NC(=O)C(C)Nc1cccc(OCC(N)=O)c1. The van der Waals surface area contributed by atoms with Gasteiger partial charge in [0.05, 0.1) is 0 Å². The van der Waals surface area contributed by atoms with Crippen LogP contribution in [-0.4, -0.2) is 37.5 Å². The maximum absolute atomic E-state index is 11.7. The minimum absolute atomic E-state index is 0.226. The molecule has 5 N–H and O–H groups in total. The summed E-state index contributed by atoms with van der Waals surface area (Å²) in [6, 6.07) is 5.49. The highest BCUT2D eigenvalue weighted by Gasteiger charge is 2.15. The number of hydrogen-bond acceptors (Lipinski definition) is 5. The van der Waals surface area contributed by atoms with Crippen LogP contribution in [0.5, 0.6) is 5.75 Å². The van der Waals surface area contributed by atoms with Crippen LogP contribution in [0.25, 0.3) is 0 Å². The fraction of sp³-hybridized carbons (Fsp3) is 0.308. The van der Waals surface area contributed by atoms with Crippen molar-refractivity contribution >= 4 is 23.5 Å². The average molecular weight is 294 g/mol. The van der Waals surface area contributed by atoms with E-state index in [0.717, 1.165) is 0 Å². The van der Waals surface area contributed by atoms with Crippen molar-refractivity contribution in [3.05, 3.63) is 24.3 Å². The predicted molar refractivity (Wildman–Crippen MR) is 76.8 cm³/mol. The molecule has 4 amide bonds. The first-order valence-electron chi connectivity index (χ1n) is 6.22. The van der Waals surface area contributed by atoms with E-state index in [9.17, 15) is 14.4 Å². The predicted octanol–water partition coefficient (Wildman–Crippen LogP) is -0.193. The highest BCUT2D eigenvalue weighted by molar-refractivity contribution is 5.97. The lowest BCUT2D eigenvalue weighted by molar-refractivity contribution is -0.121. The zero-order valence-electron chi connectivity index (χ0n) is 11.8. The van der Waals surface area contributed by atoms with Gasteiger partial charge in [-0.05, 0) is 19.1 Å². The molecule has 21 heavy (non-hydrogen) atoms. The standard InChI is InChI=1S/C13H18N4O4/c1-8(12(19)17-13(20)15-2)16-9-4-3-5-10(6-9)21-7-11(14)18/h3-6,8,16H,7H2,1-2H3,(H2,14,18)(H2,15,17,19,20). The molecule has 0 aliphatic heterocycles. The minimum Gasteiger partial charge on any atom is -0.484 e. The molecule has 0 radical (unpaired) electrons. The number of carbonyl (C=O) groups is 3. The van der Waals surface area contributed by atoms with E-state index in [0.29, 0.717) is 11.4 Å². The van der Waals surface area contributed by atoms with E-state index in [4.69, 9.17) is 10.5 Å². The van der Waals surface area contributed by atoms with Crippen molar-refractivity contribution in [2.75, 3.05) is 19.0 Å². The third-order valence-electron chi connectivity index (χ3n) is 2.46. The van der Waals surface area contributed by atoms with Crippen LogP contribution in [0.3, 0.4) is 0 Å². The smallest absolute Gasteiger partial charge is 0.321 e. The first-order valence-corrected chi connectivity index (χ1v) is 6.22. The highest BCUT2D eigenvalue weighted by atomic mass is 16.5. The van der Waals surface area contributed by atoms with Crippen LogP contribution in [0.1, 0.15) is 6.92 Å². The summed E-state index contributed by atoms with van der Waals surface area (Å²) in [5.41, 5.74) is 5.60. The van der Waals surface area contributed by atoms with Gasteiger partial charge in [0, 0.05) is 18.8 Å². The second-order valence-electron chi connectivity index (χ2n) is 4.22. The number of imide groups is 1. The molecule has 0 fully saturated rings. The molecule has 1 unspecified atom stereocenters. The third kappa shape index (κ3) is 5.81. The summed E-state index contributed by atoms with van der Waals surface area (Å²) in [7, 11) is 1.42. The number of nitrogens with two attached hydrogens (primary N) is 1. The van der Waals surface area contributed by atoms with Gasteiger partial charge in [0.25, 0.3) is 5.91 Å². The number of ether oxygens (including phenoxy) is 1. The van der Waals surface area contributed by atoms with Gasteiger partial charge in [-0.3, -0.25) is 14.9 Å². The zero-order valence-corrected chi connectivity index (χ0v) is 11.8.